The van der Waals surface area contributed by atoms with Crippen molar-refractivity contribution in [1.29, 1.82) is 0 Å². The number of aldehydes is 1. The molecule has 2 rings (SSSR count). The third kappa shape index (κ3) is 2.04. The summed E-state index contributed by atoms with van der Waals surface area (Å²) in [6.45, 7) is 7.98. The topological polar surface area (TPSA) is 61.5 Å². The fourth-order valence-corrected chi connectivity index (χ4v) is 1.83. The number of hydrogen-bond acceptors (Lipinski definition) is 4. The van der Waals surface area contributed by atoms with Crippen LogP contribution in [-0.2, 0) is 9.31 Å². The molecule has 1 aromatic rings. The second kappa shape index (κ2) is 4.11. The summed E-state index contributed by atoms with van der Waals surface area (Å²) in [5.41, 5.74) is 6.79. The van der Waals surface area contributed by atoms with Gasteiger partial charge in [0, 0.05) is 11.3 Å². The first-order chi connectivity index (χ1) is 8.27. The maximum Gasteiger partial charge on any atom is 0.494 e. The molecule has 1 fully saturated rings. The van der Waals surface area contributed by atoms with Crippen molar-refractivity contribution in [3.63, 3.8) is 0 Å². The van der Waals surface area contributed by atoms with Crippen molar-refractivity contribution in [2.24, 2.45) is 0 Å². The SMILES string of the molecule is CC1(C)OB(c2ccc(C=O)c(N)c2)OC1(C)C. The van der Waals surface area contributed by atoms with Gasteiger partial charge in [-0.15, -0.1) is 0 Å². The third-order valence-corrected chi connectivity index (χ3v) is 3.76. The number of nitrogen functional groups attached to an aromatic ring is 1. The Bertz CT molecular complexity index is 469. The third-order valence-electron chi connectivity index (χ3n) is 3.76. The lowest BCUT2D eigenvalue weighted by Gasteiger charge is -2.32. The van der Waals surface area contributed by atoms with E-state index in [2.05, 4.69) is 0 Å². The Balaban J connectivity index is 2.30. The van der Waals surface area contributed by atoms with E-state index in [-0.39, 0.29) is 11.2 Å². The van der Waals surface area contributed by atoms with E-state index in [0.717, 1.165) is 11.7 Å². The highest BCUT2D eigenvalue weighted by atomic mass is 16.7. The van der Waals surface area contributed by atoms with Gasteiger partial charge >= 0.3 is 7.12 Å². The van der Waals surface area contributed by atoms with Crippen LogP contribution in [0.25, 0.3) is 0 Å². The summed E-state index contributed by atoms with van der Waals surface area (Å²) >= 11 is 0. The molecule has 1 aromatic carbocycles. The van der Waals surface area contributed by atoms with E-state index in [9.17, 15) is 4.79 Å². The van der Waals surface area contributed by atoms with Gasteiger partial charge in [0.2, 0.25) is 0 Å². The molecule has 0 radical (unpaired) electrons. The fraction of sp³-hybridized carbons (Fsp3) is 0.462. The first-order valence-corrected chi connectivity index (χ1v) is 5.97. The van der Waals surface area contributed by atoms with Crippen molar-refractivity contribution < 1.29 is 14.1 Å². The molecule has 18 heavy (non-hydrogen) atoms. The number of rotatable bonds is 2. The van der Waals surface area contributed by atoms with Crippen molar-refractivity contribution in [2.75, 3.05) is 5.73 Å². The van der Waals surface area contributed by atoms with Crippen LogP contribution in [0.4, 0.5) is 5.69 Å². The molecule has 0 saturated carbocycles. The van der Waals surface area contributed by atoms with Crippen LogP contribution in [0, 0.1) is 0 Å². The summed E-state index contributed by atoms with van der Waals surface area (Å²) < 4.78 is 11.8. The smallest absolute Gasteiger partial charge is 0.399 e. The molecule has 0 aromatic heterocycles. The molecule has 0 bridgehead atoms. The zero-order valence-corrected chi connectivity index (χ0v) is 11.2. The lowest BCUT2D eigenvalue weighted by Crippen LogP contribution is -2.41. The predicted octanol–water partition coefficient (Wildman–Crippen LogP) is 1.38. The molecule has 96 valence electrons. The van der Waals surface area contributed by atoms with Gasteiger partial charge < -0.3 is 15.0 Å². The second-order valence-corrected chi connectivity index (χ2v) is 5.59. The van der Waals surface area contributed by atoms with Crippen molar-refractivity contribution >= 4 is 24.6 Å². The minimum atomic E-state index is -0.446. The molecule has 2 N–H and O–H groups in total. The number of carbonyl (C=O) groups excluding carboxylic acids is 1. The van der Waals surface area contributed by atoms with Crippen LogP contribution >= 0.6 is 0 Å². The average molecular weight is 247 g/mol. The number of hydrogen-bond donors (Lipinski definition) is 1. The highest BCUT2D eigenvalue weighted by Crippen LogP contribution is 2.36. The van der Waals surface area contributed by atoms with E-state index >= 15 is 0 Å². The monoisotopic (exact) mass is 247 g/mol. The van der Waals surface area contributed by atoms with Crippen molar-refractivity contribution in [2.45, 2.75) is 38.9 Å². The van der Waals surface area contributed by atoms with E-state index in [0.29, 0.717) is 11.3 Å². The predicted molar refractivity (Wildman–Crippen MR) is 72.0 cm³/mol. The molecule has 5 heteroatoms. The highest BCUT2D eigenvalue weighted by molar-refractivity contribution is 6.62. The first kappa shape index (κ1) is 13.1. The molecule has 1 aliphatic heterocycles. The molecule has 0 aliphatic carbocycles. The molecule has 1 heterocycles. The summed E-state index contributed by atoms with van der Waals surface area (Å²) in [6, 6.07) is 5.22. The van der Waals surface area contributed by atoms with Gasteiger partial charge in [0.25, 0.3) is 0 Å². The van der Waals surface area contributed by atoms with E-state index in [1.807, 2.05) is 33.8 Å². The van der Waals surface area contributed by atoms with E-state index in [4.69, 9.17) is 15.0 Å². The number of nitrogens with two attached hydrogens (primary N) is 1. The van der Waals surface area contributed by atoms with Gasteiger partial charge in [0.1, 0.15) is 0 Å². The molecule has 0 unspecified atom stereocenters. The van der Waals surface area contributed by atoms with Gasteiger partial charge in [-0.2, -0.15) is 0 Å². The van der Waals surface area contributed by atoms with Crippen LogP contribution in [-0.4, -0.2) is 24.6 Å². The Morgan fingerprint density at radius 2 is 1.72 bits per heavy atom. The standard InChI is InChI=1S/C13H18BNO3/c1-12(2)13(3,4)18-14(17-12)10-6-5-9(8-16)11(15)7-10/h5-8H,15H2,1-4H3. The van der Waals surface area contributed by atoms with Crippen molar-refractivity contribution in [3.05, 3.63) is 23.8 Å². The summed E-state index contributed by atoms with van der Waals surface area (Å²) in [4.78, 5) is 10.7. The Kier molecular flexibility index (Phi) is 2.99. The quantitative estimate of drug-likeness (QED) is 0.487. The first-order valence-electron chi connectivity index (χ1n) is 5.97. The van der Waals surface area contributed by atoms with Gasteiger partial charge in [-0.25, -0.2) is 0 Å². The number of anilines is 1. The van der Waals surface area contributed by atoms with Crippen LogP contribution in [0.3, 0.4) is 0 Å². The van der Waals surface area contributed by atoms with E-state index < -0.39 is 7.12 Å². The summed E-state index contributed by atoms with van der Waals surface area (Å²) in [6.07, 6.45) is 0.739. The maximum atomic E-state index is 10.7. The number of benzene rings is 1. The normalized spacial score (nSPS) is 21.0. The molecule has 0 spiro atoms. The highest BCUT2D eigenvalue weighted by Gasteiger charge is 2.51. The molecule has 1 aliphatic rings. The lowest BCUT2D eigenvalue weighted by atomic mass is 9.78. The minimum absolute atomic E-state index is 0.379. The van der Waals surface area contributed by atoms with Crippen LogP contribution < -0.4 is 11.2 Å². The van der Waals surface area contributed by atoms with E-state index in [1.54, 1.807) is 12.1 Å². The Morgan fingerprint density at radius 3 is 2.17 bits per heavy atom. The molecular formula is C13H18BNO3. The van der Waals surface area contributed by atoms with Gasteiger partial charge in [-0.05, 0) is 45.3 Å². The van der Waals surface area contributed by atoms with Crippen LogP contribution in [0.15, 0.2) is 18.2 Å². The van der Waals surface area contributed by atoms with Gasteiger partial charge in [0.05, 0.1) is 11.2 Å². The molecular weight excluding hydrogens is 229 g/mol. The van der Waals surface area contributed by atoms with Gasteiger partial charge in [-0.1, -0.05) is 6.07 Å². The summed E-state index contributed by atoms with van der Waals surface area (Å²) in [5.74, 6) is 0. The van der Waals surface area contributed by atoms with Crippen LogP contribution in [0.5, 0.6) is 0 Å². The van der Waals surface area contributed by atoms with Crippen molar-refractivity contribution in [3.8, 4) is 0 Å². The zero-order valence-electron chi connectivity index (χ0n) is 11.2. The summed E-state index contributed by atoms with van der Waals surface area (Å²) in [5, 5.41) is 0. The molecule has 1 saturated heterocycles. The summed E-state index contributed by atoms with van der Waals surface area (Å²) in [7, 11) is -0.446. The Hall–Kier alpha value is -1.33. The largest absolute Gasteiger partial charge is 0.494 e. The molecule has 0 amide bonds. The van der Waals surface area contributed by atoms with Crippen LogP contribution in [0.2, 0.25) is 0 Å². The lowest BCUT2D eigenvalue weighted by molar-refractivity contribution is 0.00578. The molecule has 0 atom stereocenters. The minimum Gasteiger partial charge on any atom is -0.399 e. The average Bonchev–Trinajstić information content (AvgIpc) is 2.48. The van der Waals surface area contributed by atoms with Crippen LogP contribution in [0.1, 0.15) is 38.1 Å². The van der Waals surface area contributed by atoms with Gasteiger partial charge in [-0.3, -0.25) is 4.79 Å². The van der Waals surface area contributed by atoms with E-state index in [1.165, 1.54) is 0 Å². The Morgan fingerprint density at radius 1 is 1.17 bits per heavy atom. The second-order valence-electron chi connectivity index (χ2n) is 5.59. The van der Waals surface area contributed by atoms with Crippen molar-refractivity contribution in [1.82, 2.24) is 0 Å². The Labute approximate surface area is 108 Å². The maximum absolute atomic E-state index is 10.7. The zero-order chi connectivity index (χ0) is 13.6. The fourth-order valence-electron chi connectivity index (χ4n) is 1.83. The molecule has 4 nitrogen and oxygen atoms in total. The van der Waals surface area contributed by atoms with Gasteiger partial charge in [0.15, 0.2) is 6.29 Å². The number of carbonyl (C=O) groups is 1.